The molecular weight excluding hydrogens is 312 g/mol. The molecule has 5 atom stereocenters. The van der Waals surface area contributed by atoms with Gasteiger partial charge in [-0.05, 0) is 61.9 Å². The molecule has 0 bridgehead atoms. The highest BCUT2D eigenvalue weighted by Gasteiger charge is 2.57. The average molecular weight is 342 g/mol. The molecule has 0 aromatic carbocycles. The van der Waals surface area contributed by atoms with Gasteiger partial charge in [-0.25, -0.2) is 0 Å². The van der Waals surface area contributed by atoms with Crippen LogP contribution in [0.4, 0.5) is 0 Å². The van der Waals surface area contributed by atoms with Crippen molar-refractivity contribution in [2.75, 3.05) is 13.7 Å². The van der Waals surface area contributed by atoms with E-state index in [-0.39, 0.29) is 29.1 Å². The lowest BCUT2D eigenvalue weighted by atomic mass is 9.51. The maximum Gasteiger partial charge on any atom is 0.162 e. The Hall–Kier alpha value is -1.22. The minimum absolute atomic E-state index is 0.0891. The van der Waals surface area contributed by atoms with E-state index in [0.717, 1.165) is 38.5 Å². The molecule has 3 heteroatoms. The second kappa shape index (κ2) is 5.90. The maximum atomic E-state index is 12.6. The van der Waals surface area contributed by atoms with Crippen LogP contribution < -0.4 is 0 Å². The molecule has 2 fully saturated rings. The lowest BCUT2D eigenvalue weighted by Crippen LogP contribution is -2.45. The Bertz CT molecular complexity index is 673. The molecule has 4 aliphatic carbocycles. The smallest absolute Gasteiger partial charge is 0.162 e. The molecule has 0 heterocycles. The van der Waals surface area contributed by atoms with Crippen molar-refractivity contribution in [3.8, 4) is 0 Å². The van der Waals surface area contributed by atoms with E-state index >= 15 is 0 Å². The summed E-state index contributed by atoms with van der Waals surface area (Å²) in [4.78, 5) is 24.5. The summed E-state index contributed by atoms with van der Waals surface area (Å²) in [5, 5.41) is 0. The van der Waals surface area contributed by atoms with Crippen LogP contribution in [0.15, 0.2) is 23.3 Å². The molecule has 25 heavy (non-hydrogen) atoms. The Morgan fingerprint density at radius 1 is 1.24 bits per heavy atom. The van der Waals surface area contributed by atoms with Gasteiger partial charge in [0.15, 0.2) is 11.6 Å². The summed E-state index contributed by atoms with van der Waals surface area (Å²) in [6, 6.07) is 0. The standard InChI is InChI=1S/C22H30O3/c1-21-10-8-15(23)12-14(21)4-5-16-17-6-7-19(20(24)13-25-3)22(17,2)11-9-18(16)21/h9,12,16-17,19H,4-8,10-11,13H2,1-3H3/t16?,17?,19-,21+,22+/m1/s1. The van der Waals surface area contributed by atoms with Crippen LogP contribution in [-0.2, 0) is 14.3 Å². The monoisotopic (exact) mass is 342 g/mol. The normalized spacial score (nSPS) is 42.8. The number of carbonyl (C=O) groups excluding carboxylic acids is 2. The minimum Gasteiger partial charge on any atom is -0.377 e. The van der Waals surface area contributed by atoms with Crippen molar-refractivity contribution in [2.24, 2.45) is 28.6 Å². The van der Waals surface area contributed by atoms with E-state index in [0.29, 0.717) is 24.0 Å². The van der Waals surface area contributed by atoms with Crippen molar-refractivity contribution < 1.29 is 14.3 Å². The maximum absolute atomic E-state index is 12.6. The Morgan fingerprint density at radius 3 is 2.80 bits per heavy atom. The van der Waals surface area contributed by atoms with Crippen LogP contribution in [-0.4, -0.2) is 25.3 Å². The molecule has 2 unspecified atom stereocenters. The highest BCUT2D eigenvalue weighted by atomic mass is 16.5. The number of methoxy groups -OCH3 is 1. The van der Waals surface area contributed by atoms with Gasteiger partial charge in [0.05, 0.1) is 0 Å². The fraction of sp³-hybridized carbons (Fsp3) is 0.727. The first-order valence-corrected chi connectivity index (χ1v) is 9.86. The highest BCUT2D eigenvalue weighted by molar-refractivity contribution is 5.92. The van der Waals surface area contributed by atoms with Crippen LogP contribution in [0.5, 0.6) is 0 Å². The number of allylic oxidation sites excluding steroid dienone is 4. The Kier molecular flexibility index (Phi) is 4.06. The number of Topliss-reactive ketones (excluding diaryl/α,β-unsaturated/α-hetero) is 1. The van der Waals surface area contributed by atoms with Gasteiger partial charge in [0.2, 0.25) is 0 Å². The molecule has 0 aliphatic heterocycles. The predicted octanol–water partition coefficient (Wildman–Crippen LogP) is 4.27. The fourth-order valence-electron chi connectivity index (χ4n) is 6.63. The molecule has 4 aliphatic rings. The number of hydrogen-bond acceptors (Lipinski definition) is 3. The lowest BCUT2D eigenvalue weighted by molar-refractivity contribution is -0.130. The quantitative estimate of drug-likeness (QED) is 0.719. The second-order valence-electron chi connectivity index (χ2n) is 9.12. The van der Waals surface area contributed by atoms with Gasteiger partial charge >= 0.3 is 0 Å². The summed E-state index contributed by atoms with van der Waals surface area (Å²) in [5.41, 5.74) is 3.12. The summed E-state index contributed by atoms with van der Waals surface area (Å²) in [6.07, 6.45) is 11.4. The third-order valence-electron chi connectivity index (χ3n) is 8.01. The van der Waals surface area contributed by atoms with E-state index in [1.807, 2.05) is 6.08 Å². The number of carbonyl (C=O) groups is 2. The molecule has 0 aromatic rings. The first-order valence-electron chi connectivity index (χ1n) is 9.86. The molecule has 0 aromatic heterocycles. The summed E-state index contributed by atoms with van der Waals surface area (Å²) in [5.74, 6) is 1.94. The first kappa shape index (κ1) is 17.2. The third kappa shape index (κ3) is 2.42. The molecule has 0 N–H and O–H groups in total. The Balaban J connectivity index is 1.68. The van der Waals surface area contributed by atoms with Crippen LogP contribution in [0.2, 0.25) is 0 Å². The number of ether oxygens (including phenoxy) is 1. The van der Waals surface area contributed by atoms with Crippen LogP contribution in [0.25, 0.3) is 0 Å². The zero-order valence-electron chi connectivity index (χ0n) is 15.8. The number of hydrogen-bond donors (Lipinski definition) is 0. The van der Waals surface area contributed by atoms with E-state index in [1.54, 1.807) is 12.7 Å². The topological polar surface area (TPSA) is 43.4 Å². The summed E-state index contributed by atoms with van der Waals surface area (Å²) >= 11 is 0. The molecule has 0 saturated heterocycles. The predicted molar refractivity (Wildman–Crippen MR) is 97.1 cm³/mol. The van der Waals surface area contributed by atoms with Crippen molar-refractivity contribution in [2.45, 2.75) is 58.8 Å². The van der Waals surface area contributed by atoms with E-state index in [9.17, 15) is 9.59 Å². The molecule has 3 nitrogen and oxygen atoms in total. The van der Waals surface area contributed by atoms with Gasteiger partial charge in [0.1, 0.15) is 6.61 Å². The van der Waals surface area contributed by atoms with Crippen LogP contribution in [0, 0.1) is 28.6 Å². The molecule has 2 saturated carbocycles. The van der Waals surface area contributed by atoms with Crippen molar-refractivity contribution in [3.05, 3.63) is 23.3 Å². The fourth-order valence-corrected chi connectivity index (χ4v) is 6.63. The van der Waals surface area contributed by atoms with Crippen molar-refractivity contribution in [3.63, 3.8) is 0 Å². The number of ketones is 2. The van der Waals surface area contributed by atoms with Crippen LogP contribution in [0.1, 0.15) is 58.8 Å². The number of rotatable bonds is 3. The zero-order valence-corrected chi connectivity index (χ0v) is 15.8. The Labute approximate surface area is 150 Å². The van der Waals surface area contributed by atoms with Crippen LogP contribution in [0.3, 0.4) is 0 Å². The largest absolute Gasteiger partial charge is 0.377 e. The zero-order chi connectivity index (χ0) is 17.8. The molecule has 136 valence electrons. The van der Waals surface area contributed by atoms with Gasteiger partial charge in [-0.1, -0.05) is 31.1 Å². The molecule has 0 amide bonds. The van der Waals surface area contributed by atoms with Gasteiger partial charge in [0.25, 0.3) is 0 Å². The molecular formula is C22H30O3. The van der Waals surface area contributed by atoms with Crippen LogP contribution >= 0.6 is 0 Å². The van der Waals surface area contributed by atoms with Gasteiger partial charge in [-0.3, -0.25) is 9.59 Å². The van der Waals surface area contributed by atoms with E-state index in [1.165, 1.54) is 5.57 Å². The van der Waals surface area contributed by atoms with Gasteiger partial charge in [-0.15, -0.1) is 0 Å². The van der Waals surface area contributed by atoms with E-state index in [4.69, 9.17) is 4.74 Å². The average Bonchev–Trinajstić information content (AvgIpc) is 2.93. The van der Waals surface area contributed by atoms with Crippen molar-refractivity contribution in [1.29, 1.82) is 0 Å². The minimum atomic E-state index is 0.0891. The summed E-state index contributed by atoms with van der Waals surface area (Å²) < 4.78 is 5.14. The van der Waals surface area contributed by atoms with Gasteiger partial charge in [0, 0.05) is 24.9 Å². The van der Waals surface area contributed by atoms with Gasteiger partial charge in [-0.2, -0.15) is 0 Å². The SMILES string of the molecule is COCC(=O)[C@H]1CCC2C3CCC4=CC(=O)CC[C@]4(C)C3=CC[C@@]21C. The highest BCUT2D eigenvalue weighted by Crippen LogP contribution is 2.64. The van der Waals surface area contributed by atoms with E-state index in [2.05, 4.69) is 19.9 Å². The van der Waals surface area contributed by atoms with Crippen molar-refractivity contribution >= 4 is 11.6 Å². The van der Waals surface area contributed by atoms with E-state index < -0.39 is 0 Å². The third-order valence-corrected chi connectivity index (χ3v) is 8.01. The lowest BCUT2D eigenvalue weighted by Gasteiger charge is -2.53. The molecule has 0 radical (unpaired) electrons. The molecule has 4 rings (SSSR count). The summed E-state index contributed by atoms with van der Waals surface area (Å²) in [6.45, 7) is 4.95. The number of fused-ring (bicyclic) bond motifs is 5. The second-order valence-corrected chi connectivity index (χ2v) is 9.12. The Morgan fingerprint density at radius 2 is 2.04 bits per heavy atom. The summed E-state index contributed by atoms with van der Waals surface area (Å²) in [7, 11) is 1.62. The van der Waals surface area contributed by atoms with Gasteiger partial charge < -0.3 is 4.74 Å². The first-order chi connectivity index (χ1) is 11.9. The van der Waals surface area contributed by atoms with Crippen molar-refractivity contribution in [1.82, 2.24) is 0 Å². The molecule has 0 spiro atoms.